The Kier molecular flexibility index (Phi) is 6.32. The van der Waals surface area contributed by atoms with Gasteiger partial charge in [0.25, 0.3) is 0 Å². The molecule has 1 saturated carbocycles. The number of H-pyrrole nitrogens is 1. The van der Waals surface area contributed by atoms with E-state index in [-0.39, 0.29) is 35.8 Å². The average Bonchev–Trinajstić information content (AvgIpc) is 3.44. The maximum absolute atomic E-state index is 12.7. The molecule has 3 N–H and O–H groups in total. The second-order valence-electron chi connectivity index (χ2n) is 10.1. The van der Waals surface area contributed by atoms with Gasteiger partial charge in [0, 0.05) is 31.0 Å². The van der Waals surface area contributed by atoms with Gasteiger partial charge in [0.2, 0.25) is 11.8 Å². The van der Waals surface area contributed by atoms with Gasteiger partial charge in [-0.15, -0.1) is 0 Å². The maximum atomic E-state index is 12.7. The largest absolute Gasteiger partial charge is 0.444 e. The van der Waals surface area contributed by atoms with Crippen LogP contribution < -0.4 is 10.6 Å². The quantitative estimate of drug-likeness (QED) is 0.641. The number of amides is 3. The van der Waals surface area contributed by atoms with Crippen LogP contribution in [0.15, 0.2) is 24.3 Å². The Morgan fingerprint density at radius 2 is 1.88 bits per heavy atom. The van der Waals surface area contributed by atoms with Crippen molar-refractivity contribution in [2.24, 2.45) is 5.92 Å². The summed E-state index contributed by atoms with van der Waals surface area (Å²) in [7, 11) is 0. The number of rotatable bonds is 5. The van der Waals surface area contributed by atoms with E-state index in [1.165, 1.54) is 0 Å². The number of aromatic nitrogens is 2. The van der Waals surface area contributed by atoms with Gasteiger partial charge in [-0.25, -0.2) is 9.78 Å². The highest BCUT2D eigenvalue weighted by atomic mass is 16.6. The van der Waals surface area contributed by atoms with Crippen LogP contribution in [0.5, 0.6) is 0 Å². The van der Waals surface area contributed by atoms with Gasteiger partial charge in [0.1, 0.15) is 17.5 Å². The molecule has 2 aromatic rings. The fraction of sp³-hybridized carbons (Fsp3) is 0.583. The number of aromatic amines is 1. The zero-order chi connectivity index (χ0) is 23.8. The molecular formula is C24H33N5O4. The first kappa shape index (κ1) is 23.1. The van der Waals surface area contributed by atoms with Crippen LogP contribution in [-0.2, 0) is 14.3 Å². The van der Waals surface area contributed by atoms with Crippen LogP contribution in [-0.4, -0.2) is 63.5 Å². The summed E-state index contributed by atoms with van der Waals surface area (Å²) in [5, 5.41) is 5.84. The van der Waals surface area contributed by atoms with Gasteiger partial charge in [-0.1, -0.05) is 12.1 Å². The molecule has 2 aliphatic rings. The number of ether oxygens (including phenoxy) is 1. The second kappa shape index (κ2) is 9.03. The van der Waals surface area contributed by atoms with Gasteiger partial charge in [0.15, 0.2) is 0 Å². The standard InChI is InChI=1S/C24H33N5O4/c1-14(21(30)26-15-9-11-29(12-10-15)23(32)33-24(2,3)4)25-22(31)17-13-16(17)20-27-18-7-5-6-8-19(18)28-20/h5-8,14-17H,9-13H2,1-4H3,(H,25,31)(H,26,30)(H,27,28)/t14?,16-,17-/m1/s1. The molecule has 3 amide bonds. The third-order valence-corrected chi connectivity index (χ3v) is 6.13. The Balaban J connectivity index is 1.21. The summed E-state index contributed by atoms with van der Waals surface area (Å²) in [5.41, 5.74) is 1.33. The van der Waals surface area contributed by atoms with Crippen LogP contribution in [0.3, 0.4) is 0 Å². The molecular weight excluding hydrogens is 422 g/mol. The van der Waals surface area contributed by atoms with Crippen molar-refractivity contribution in [3.63, 3.8) is 0 Å². The Labute approximate surface area is 193 Å². The number of carbonyl (C=O) groups is 3. The maximum Gasteiger partial charge on any atom is 0.410 e. The molecule has 1 unspecified atom stereocenters. The molecule has 178 valence electrons. The van der Waals surface area contributed by atoms with Gasteiger partial charge >= 0.3 is 6.09 Å². The highest BCUT2D eigenvalue weighted by Gasteiger charge is 2.46. The van der Waals surface area contributed by atoms with Crippen molar-refractivity contribution in [2.45, 2.75) is 70.6 Å². The lowest BCUT2D eigenvalue weighted by molar-refractivity contribution is -0.129. The first-order valence-corrected chi connectivity index (χ1v) is 11.6. The molecule has 9 heteroatoms. The molecule has 1 aliphatic heterocycles. The SMILES string of the molecule is CC(NC(=O)[C@@H]1C[C@H]1c1nc2ccccc2[nH]1)C(=O)NC1CCN(C(=O)OC(C)(C)C)CC1. The monoisotopic (exact) mass is 455 g/mol. The van der Waals surface area contributed by atoms with Crippen molar-refractivity contribution in [1.82, 2.24) is 25.5 Å². The smallest absolute Gasteiger partial charge is 0.410 e. The summed E-state index contributed by atoms with van der Waals surface area (Å²) >= 11 is 0. The predicted molar refractivity (Wildman–Crippen MR) is 124 cm³/mol. The minimum Gasteiger partial charge on any atom is -0.444 e. The molecule has 0 bridgehead atoms. The number of benzene rings is 1. The molecule has 0 radical (unpaired) electrons. The van der Waals surface area contributed by atoms with Crippen molar-refractivity contribution in [3.05, 3.63) is 30.1 Å². The summed E-state index contributed by atoms with van der Waals surface area (Å²) < 4.78 is 5.41. The summed E-state index contributed by atoms with van der Waals surface area (Å²) in [6.07, 6.45) is 1.71. The van der Waals surface area contributed by atoms with Gasteiger partial charge < -0.3 is 25.3 Å². The van der Waals surface area contributed by atoms with E-state index in [0.29, 0.717) is 25.9 Å². The highest BCUT2D eigenvalue weighted by Crippen LogP contribution is 2.46. The lowest BCUT2D eigenvalue weighted by Gasteiger charge is -2.34. The number of carbonyl (C=O) groups excluding carboxylic acids is 3. The van der Waals surface area contributed by atoms with E-state index < -0.39 is 11.6 Å². The lowest BCUT2D eigenvalue weighted by Crippen LogP contribution is -2.52. The average molecular weight is 456 g/mol. The molecule has 1 aromatic carbocycles. The van der Waals surface area contributed by atoms with Gasteiger partial charge in [-0.3, -0.25) is 9.59 Å². The van der Waals surface area contributed by atoms with Crippen LogP contribution >= 0.6 is 0 Å². The number of imidazole rings is 1. The van der Waals surface area contributed by atoms with E-state index >= 15 is 0 Å². The molecule has 33 heavy (non-hydrogen) atoms. The number of piperidine rings is 1. The minimum atomic E-state index is -0.627. The summed E-state index contributed by atoms with van der Waals surface area (Å²) in [4.78, 5) is 47.0. The molecule has 1 aliphatic carbocycles. The van der Waals surface area contributed by atoms with Crippen molar-refractivity contribution >= 4 is 28.9 Å². The number of hydrogen-bond donors (Lipinski definition) is 3. The van der Waals surface area contributed by atoms with E-state index in [4.69, 9.17) is 4.74 Å². The Morgan fingerprint density at radius 3 is 2.55 bits per heavy atom. The molecule has 1 aromatic heterocycles. The number of para-hydroxylation sites is 2. The van der Waals surface area contributed by atoms with Gasteiger partial charge in [-0.2, -0.15) is 0 Å². The van der Waals surface area contributed by atoms with Crippen LogP contribution in [0.2, 0.25) is 0 Å². The Morgan fingerprint density at radius 1 is 1.18 bits per heavy atom. The summed E-state index contributed by atoms with van der Waals surface area (Å²) in [5.74, 6) is 0.385. The number of hydrogen-bond acceptors (Lipinski definition) is 5. The molecule has 9 nitrogen and oxygen atoms in total. The Bertz CT molecular complexity index is 1000. The predicted octanol–water partition coefficient (Wildman–Crippen LogP) is 2.69. The van der Waals surface area contributed by atoms with Crippen LogP contribution in [0.1, 0.15) is 58.7 Å². The van der Waals surface area contributed by atoms with Crippen LogP contribution in [0, 0.1) is 5.92 Å². The van der Waals surface area contributed by atoms with Gasteiger partial charge in [-0.05, 0) is 59.1 Å². The highest BCUT2D eigenvalue weighted by molar-refractivity contribution is 5.90. The molecule has 4 rings (SSSR count). The molecule has 2 heterocycles. The van der Waals surface area contributed by atoms with Crippen molar-refractivity contribution in [2.75, 3.05) is 13.1 Å². The first-order chi connectivity index (χ1) is 15.6. The minimum absolute atomic E-state index is 0.0280. The first-order valence-electron chi connectivity index (χ1n) is 11.6. The normalized spacial score (nSPS) is 22.0. The molecule has 2 fully saturated rings. The zero-order valence-corrected chi connectivity index (χ0v) is 19.7. The third kappa shape index (κ3) is 5.64. The topological polar surface area (TPSA) is 116 Å². The van der Waals surface area contributed by atoms with Crippen molar-refractivity contribution in [3.8, 4) is 0 Å². The van der Waals surface area contributed by atoms with Crippen LogP contribution in [0.4, 0.5) is 4.79 Å². The fourth-order valence-electron chi connectivity index (χ4n) is 4.18. The van der Waals surface area contributed by atoms with Crippen molar-refractivity contribution in [1.29, 1.82) is 0 Å². The summed E-state index contributed by atoms with van der Waals surface area (Å²) in [6, 6.07) is 7.14. The van der Waals surface area contributed by atoms with E-state index in [2.05, 4.69) is 20.6 Å². The number of fused-ring (bicyclic) bond motifs is 1. The van der Waals surface area contributed by atoms with E-state index in [0.717, 1.165) is 23.3 Å². The number of nitrogens with one attached hydrogen (secondary N) is 3. The number of nitrogens with zero attached hydrogens (tertiary/aromatic N) is 2. The van der Waals surface area contributed by atoms with Crippen molar-refractivity contribution < 1.29 is 19.1 Å². The van der Waals surface area contributed by atoms with E-state index in [9.17, 15) is 14.4 Å². The fourth-order valence-corrected chi connectivity index (χ4v) is 4.18. The number of likely N-dealkylation sites (tertiary alicyclic amines) is 1. The molecule has 0 spiro atoms. The van der Waals surface area contributed by atoms with Gasteiger partial charge in [0.05, 0.1) is 11.0 Å². The zero-order valence-electron chi connectivity index (χ0n) is 19.7. The second-order valence-corrected chi connectivity index (χ2v) is 10.1. The van der Waals surface area contributed by atoms with Crippen LogP contribution in [0.25, 0.3) is 11.0 Å². The lowest BCUT2D eigenvalue weighted by atomic mass is 10.0. The van der Waals surface area contributed by atoms with E-state index in [1.54, 1.807) is 11.8 Å². The molecule has 3 atom stereocenters. The third-order valence-electron chi connectivity index (χ3n) is 6.13. The Hall–Kier alpha value is -3.10. The van der Waals surface area contributed by atoms with E-state index in [1.807, 2.05) is 45.0 Å². The summed E-state index contributed by atoms with van der Waals surface area (Å²) in [6.45, 7) is 8.28. The molecule has 1 saturated heterocycles.